The lowest BCUT2D eigenvalue weighted by Gasteiger charge is -2.19. The number of alkyl carbamates (subject to hydrolysis) is 1. The predicted octanol–water partition coefficient (Wildman–Crippen LogP) is 4.42. The molecule has 0 atom stereocenters. The number of amides is 1. The number of benzene rings is 1. The minimum Gasteiger partial charge on any atom is -0.444 e. The lowest BCUT2D eigenvalue weighted by atomic mass is 10.1. The molecule has 0 aliphatic rings. The van der Waals surface area contributed by atoms with Crippen LogP contribution in [-0.2, 0) is 4.74 Å². The van der Waals surface area contributed by atoms with E-state index in [0.29, 0.717) is 36.8 Å². The maximum absolute atomic E-state index is 11.6. The van der Waals surface area contributed by atoms with E-state index >= 15 is 0 Å². The summed E-state index contributed by atoms with van der Waals surface area (Å²) < 4.78 is 5.19. The van der Waals surface area contributed by atoms with E-state index in [1.807, 2.05) is 45.0 Å². The molecule has 0 radical (unpaired) electrons. The second kappa shape index (κ2) is 11.0. The van der Waals surface area contributed by atoms with Crippen molar-refractivity contribution in [2.45, 2.75) is 32.8 Å². The fourth-order valence-corrected chi connectivity index (χ4v) is 2.88. The molecule has 0 fully saturated rings. The van der Waals surface area contributed by atoms with Crippen molar-refractivity contribution in [3.05, 3.63) is 60.6 Å². The molecule has 0 aliphatic heterocycles. The van der Waals surface area contributed by atoms with Crippen LogP contribution < -0.4 is 16.0 Å². The van der Waals surface area contributed by atoms with Gasteiger partial charge in [-0.3, -0.25) is 4.79 Å². The van der Waals surface area contributed by atoms with Gasteiger partial charge < -0.3 is 20.7 Å². The molecular formula is C24H28N6O3. The van der Waals surface area contributed by atoms with Crippen molar-refractivity contribution in [1.82, 2.24) is 20.3 Å². The van der Waals surface area contributed by atoms with E-state index in [1.54, 1.807) is 30.7 Å². The van der Waals surface area contributed by atoms with Crippen LogP contribution in [0.4, 0.5) is 22.2 Å². The summed E-state index contributed by atoms with van der Waals surface area (Å²) in [5.41, 5.74) is 2.62. The highest BCUT2D eigenvalue weighted by molar-refractivity contribution is 5.78. The Bertz CT molecular complexity index is 1080. The molecule has 1 aromatic carbocycles. The van der Waals surface area contributed by atoms with Gasteiger partial charge in [0.1, 0.15) is 17.7 Å². The minimum atomic E-state index is -0.509. The van der Waals surface area contributed by atoms with Crippen molar-refractivity contribution in [3.8, 4) is 11.1 Å². The highest BCUT2D eigenvalue weighted by Gasteiger charge is 2.15. The number of carbonyl (C=O) groups is 2. The molecular weight excluding hydrogens is 420 g/mol. The largest absolute Gasteiger partial charge is 0.444 e. The molecule has 2 heterocycles. The first-order valence-electron chi connectivity index (χ1n) is 10.6. The van der Waals surface area contributed by atoms with Gasteiger partial charge in [0.2, 0.25) is 5.95 Å². The van der Waals surface area contributed by atoms with Crippen LogP contribution in [0.1, 0.15) is 37.6 Å². The SMILES string of the molecule is CC(C)(C)OC(=O)NCCCNc1ncc(-c2ccnc(Nc3cccc(C=O)c3)c2)cn1. The van der Waals surface area contributed by atoms with Crippen molar-refractivity contribution < 1.29 is 14.3 Å². The third kappa shape index (κ3) is 7.88. The van der Waals surface area contributed by atoms with Crippen LogP contribution in [-0.4, -0.2) is 46.0 Å². The second-order valence-electron chi connectivity index (χ2n) is 8.30. The molecule has 0 unspecified atom stereocenters. The first kappa shape index (κ1) is 23.6. The molecule has 3 rings (SSSR count). The van der Waals surface area contributed by atoms with Crippen LogP contribution in [0.5, 0.6) is 0 Å². The third-order valence-corrected chi connectivity index (χ3v) is 4.35. The number of nitrogens with one attached hydrogen (secondary N) is 3. The van der Waals surface area contributed by atoms with E-state index in [-0.39, 0.29) is 0 Å². The maximum Gasteiger partial charge on any atom is 0.407 e. The molecule has 9 heteroatoms. The number of hydrogen-bond donors (Lipinski definition) is 3. The summed E-state index contributed by atoms with van der Waals surface area (Å²) in [6, 6.07) is 10.9. The molecule has 33 heavy (non-hydrogen) atoms. The highest BCUT2D eigenvalue weighted by Crippen LogP contribution is 2.22. The molecule has 9 nitrogen and oxygen atoms in total. The summed E-state index contributed by atoms with van der Waals surface area (Å²) in [5.74, 6) is 1.16. The Hall–Kier alpha value is -4.01. The average Bonchev–Trinajstić information content (AvgIpc) is 2.78. The van der Waals surface area contributed by atoms with Gasteiger partial charge in [-0.15, -0.1) is 0 Å². The number of rotatable bonds is 9. The van der Waals surface area contributed by atoms with Crippen molar-refractivity contribution in [3.63, 3.8) is 0 Å². The van der Waals surface area contributed by atoms with Gasteiger partial charge in [0.05, 0.1) is 0 Å². The molecule has 0 bridgehead atoms. The molecule has 0 saturated heterocycles. The van der Waals surface area contributed by atoms with Crippen LogP contribution in [0.15, 0.2) is 55.0 Å². The zero-order valence-electron chi connectivity index (χ0n) is 19.0. The molecule has 1 amide bonds. The van der Waals surface area contributed by atoms with Gasteiger partial charge in [-0.25, -0.2) is 19.7 Å². The number of carbonyl (C=O) groups excluding carboxylic acids is 2. The second-order valence-corrected chi connectivity index (χ2v) is 8.30. The lowest BCUT2D eigenvalue weighted by molar-refractivity contribution is 0.0527. The lowest BCUT2D eigenvalue weighted by Crippen LogP contribution is -2.33. The van der Waals surface area contributed by atoms with E-state index in [0.717, 1.165) is 23.1 Å². The van der Waals surface area contributed by atoms with Gasteiger partial charge >= 0.3 is 6.09 Å². The normalized spacial score (nSPS) is 10.9. The zero-order chi connectivity index (χ0) is 23.7. The van der Waals surface area contributed by atoms with Crippen LogP contribution in [0.2, 0.25) is 0 Å². The summed E-state index contributed by atoms with van der Waals surface area (Å²) >= 11 is 0. The number of hydrogen-bond acceptors (Lipinski definition) is 8. The quantitative estimate of drug-likeness (QED) is 0.325. The Morgan fingerprint density at radius 1 is 1.03 bits per heavy atom. The zero-order valence-corrected chi connectivity index (χ0v) is 19.0. The monoisotopic (exact) mass is 448 g/mol. The molecule has 0 aliphatic carbocycles. The van der Waals surface area contributed by atoms with E-state index in [4.69, 9.17) is 4.74 Å². The van der Waals surface area contributed by atoms with E-state index in [9.17, 15) is 9.59 Å². The Labute approximate surface area is 193 Å². The van der Waals surface area contributed by atoms with Gasteiger partial charge in [-0.05, 0) is 57.0 Å². The highest BCUT2D eigenvalue weighted by atomic mass is 16.6. The number of aromatic nitrogens is 3. The molecule has 3 aromatic rings. The number of pyridine rings is 1. The summed E-state index contributed by atoms with van der Waals surface area (Å²) in [5, 5.41) is 9.04. The smallest absolute Gasteiger partial charge is 0.407 e. The Kier molecular flexibility index (Phi) is 7.91. The standard InChI is InChI=1S/C24H28N6O3/c1-24(2,3)33-23(32)27-10-5-9-26-22-28-14-19(15-29-22)18-8-11-25-21(13-18)30-20-7-4-6-17(12-20)16-31/h4,6-8,11-16H,5,9-10H2,1-3H3,(H,25,30)(H,27,32)(H,26,28,29). The van der Waals surface area contributed by atoms with Crippen molar-refractivity contribution in [2.24, 2.45) is 0 Å². The van der Waals surface area contributed by atoms with Crippen LogP contribution >= 0.6 is 0 Å². The molecule has 172 valence electrons. The fraction of sp³-hybridized carbons (Fsp3) is 0.292. The van der Waals surface area contributed by atoms with E-state index in [2.05, 4.69) is 30.9 Å². The Balaban J connectivity index is 1.50. The topological polar surface area (TPSA) is 118 Å². The summed E-state index contributed by atoms with van der Waals surface area (Å²) in [6.45, 7) is 6.57. The first-order chi connectivity index (χ1) is 15.8. The van der Waals surface area contributed by atoms with E-state index < -0.39 is 11.7 Å². The van der Waals surface area contributed by atoms with Gasteiger partial charge in [-0.2, -0.15) is 0 Å². The summed E-state index contributed by atoms with van der Waals surface area (Å²) in [7, 11) is 0. The van der Waals surface area contributed by atoms with Crippen molar-refractivity contribution in [1.29, 1.82) is 0 Å². The predicted molar refractivity (Wildman–Crippen MR) is 128 cm³/mol. The first-order valence-corrected chi connectivity index (χ1v) is 10.6. The number of ether oxygens (including phenoxy) is 1. The number of nitrogens with zero attached hydrogens (tertiary/aromatic N) is 3. The molecule has 3 N–H and O–H groups in total. The van der Waals surface area contributed by atoms with Gasteiger partial charge in [0.15, 0.2) is 0 Å². The number of aldehydes is 1. The molecule has 2 aromatic heterocycles. The van der Waals surface area contributed by atoms with E-state index in [1.165, 1.54) is 0 Å². The molecule has 0 saturated carbocycles. The summed E-state index contributed by atoms with van der Waals surface area (Å²) in [4.78, 5) is 35.6. The van der Waals surface area contributed by atoms with Gasteiger partial charge in [-0.1, -0.05) is 12.1 Å². The van der Waals surface area contributed by atoms with Gasteiger partial charge in [0, 0.05) is 48.5 Å². The maximum atomic E-state index is 11.6. The Morgan fingerprint density at radius 3 is 2.55 bits per heavy atom. The Morgan fingerprint density at radius 2 is 1.82 bits per heavy atom. The van der Waals surface area contributed by atoms with Crippen LogP contribution in [0, 0.1) is 0 Å². The van der Waals surface area contributed by atoms with Crippen molar-refractivity contribution >= 4 is 29.8 Å². The minimum absolute atomic E-state index is 0.425. The average molecular weight is 449 g/mol. The van der Waals surface area contributed by atoms with Crippen molar-refractivity contribution in [2.75, 3.05) is 23.7 Å². The fourth-order valence-electron chi connectivity index (χ4n) is 2.88. The van der Waals surface area contributed by atoms with Crippen LogP contribution in [0.3, 0.4) is 0 Å². The van der Waals surface area contributed by atoms with Crippen LogP contribution in [0.25, 0.3) is 11.1 Å². The van der Waals surface area contributed by atoms with Gasteiger partial charge in [0.25, 0.3) is 0 Å². The molecule has 0 spiro atoms. The number of anilines is 3. The summed E-state index contributed by atoms with van der Waals surface area (Å²) in [6.07, 6.45) is 6.26. The third-order valence-electron chi connectivity index (χ3n) is 4.35.